The van der Waals surface area contributed by atoms with Crippen LogP contribution < -0.4 is 14.6 Å². The second kappa shape index (κ2) is 10.1. The van der Waals surface area contributed by atoms with Gasteiger partial charge < -0.3 is 14.6 Å². The van der Waals surface area contributed by atoms with Gasteiger partial charge >= 0.3 is 37.4 Å². The van der Waals surface area contributed by atoms with Gasteiger partial charge in [-0.25, -0.2) is 4.57 Å². The van der Waals surface area contributed by atoms with Gasteiger partial charge in [0, 0.05) is 16.8 Å². The van der Waals surface area contributed by atoms with E-state index < -0.39 is 13.7 Å². The predicted octanol–water partition coefficient (Wildman–Crippen LogP) is 2.82. The molecule has 7 nitrogen and oxygen atoms in total. The van der Waals surface area contributed by atoms with Crippen molar-refractivity contribution < 1.29 is 28.4 Å². The molecular formula is C16H16ClNNaO6P. The van der Waals surface area contributed by atoms with Crippen molar-refractivity contribution in [1.82, 2.24) is 0 Å². The standard InChI is InChI=1S/C16H15ClNO6P.Na.H/c1-23-14-7-5-11(9-15(14)24-25(20,21)22)6-8-16(19)18-13-4-2-3-12(17)10-13;;/h2-10H,1H3,(H,18,19)(H2,20,21,22);;/b8-6+;;. The van der Waals surface area contributed by atoms with Crippen LogP contribution in [0.25, 0.3) is 6.08 Å². The summed E-state index contributed by atoms with van der Waals surface area (Å²) in [6, 6.07) is 11.1. The van der Waals surface area contributed by atoms with E-state index in [9.17, 15) is 9.36 Å². The van der Waals surface area contributed by atoms with E-state index in [-0.39, 0.29) is 41.1 Å². The quantitative estimate of drug-likeness (QED) is 0.386. The Balaban J connectivity index is 0.00000338. The Bertz CT molecular complexity index is 854. The number of hydrogen-bond acceptors (Lipinski definition) is 4. The molecule has 0 bridgehead atoms. The van der Waals surface area contributed by atoms with E-state index in [1.807, 2.05) is 0 Å². The molecule has 2 aromatic carbocycles. The molecule has 0 fully saturated rings. The van der Waals surface area contributed by atoms with Gasteiger partial charge in [-0.2, -0.15) is 0 Å². The number of amides is 1. The molecule has 0 heterocycles. The third kappa shape index (κ3) is 7.51. The van der Waals surface area contributed by atoms with E-state index in [2.05, 4.69) is 9.84 Å². The minimum atomic E-state index is -4.73. The normalized spacial score (nSPS) is 10.9. The summed E-state index contributed by atoms with van der Waals surface area (Å²) in [5.41, 5.74) is 1.04. The third-order valence-corrected chi connectivity index (χ3v) is 3.59. The van der Waals surface area contributed by atoms with Crippen molar-refractivity contribution >= 4 is 66.7 Å². The molecule has 0 saturated heterocycles. The summed E-state index contributed by atoms with van der Waals surface area (Å²) in [5.74, 6) is -0.368. The Labute approximate surface area is 177 Å². The van der Waals surface area contributed by atoms with Crippen LogP contribution in [0.15, 0.2) is 48.5 Å². The number of methoxy groups -OCH3 is 1. The maximum atomic E-state index is 11.9. The van der Waals surface area contributed by atoms with Crippen LogP contribution in [0.5, 0.6) is 11.5 Å². The van der Waals surface area contributed by atoms with Crippen molar-refractivity contribution in [3.8, 4) is 11.5 Å². The average Bonchev–Trinajstić information content (AvgIpc) is 2.51. The summed E-state index contributed by atoms with van der Waals surface area (Å²) in [4.78, 5) is 29.8. The fourth-order valence-electron chi connectivity index (χ4n) is 1.92. The number of carbonyl (C=O) groups is 1. The second-order valence-corrected chi connectivity index (χ2v) is 6.43. The molecule has 0 atom stereocenters. The van der Waals surface area contributed by atoms with Gasteiger partial charge in [-0.05, 0) is 42.0 Å². The van der Waals surface area contributed by atoms with Gasteiger partial charge in [-0.1, -0.05) is 23.7 Å². The number of halogens is 1. The number of anilines is 1. The van der Waals surface area contributed by atoms with Crippen LogP contribution in [0.3, 0.4) is 0 Å². The number of nitrogens with one attached hydrogen (secondary N) is 1. The summed E-state index contributed by atoms with van der Waals surface area (Å²) in [6.45, 7) is 0. The first-order valence-electron chi connectivity index (χ1n) is 6.94. The van der Waals surface area contributed by atoms with Crippen LogP contribution in [0.1, 0.15) is 5.56 Å². The minimum absolute atomic E-state index is 0. The van der Waals surface area contributed by atoms with Crippen LogP contribution in [0.2, 0.25) is 5.02 Å². The number of rotatable bonds is 6. The molecule has 0 spiro atoms. The van der Waals surface area contributed by atoms with Gasteiger partial charge in [0.05, 0.1) is 7.11 Å². The predicted molar refractivity (Wildman–Crippen MR) is 102 cm³/mol. The summed E-state index contributed by atoms with van der Waals surface area (Å²) >= 11 is 5.84. The number of phosphoric ester groups is 1. The van der Waals surface area contributed by atoms with Crippen LogP contribution in [-0.4, -0.2) is 52.4 Å². The molecule has 10 heteroatoms. The zero-order valence-electron chi connectivity index (χ0n) is 13.0. The Morgan fingerprint density at radius 1 is 1.19 bits per heavy atom. The Morgan fingerprint density at radius 3 is 2.54 bits per heavy atom. The van der Waals surface area contributed by atoms with Crippen molar-refractivity contribution in [1.29, 1.82) is 0 Å². The maximum absolute atomic E-state index is 11.9. The zero-order chi connectivity index (χ0) is 18.4. The van der Waals surface area contributed by atoms with Crippen molar-refractivity contribution in [3.63, 3.8) is 0 Å². The van der Waals surface area contributed by atoms with Crippen LogP contribution in [-0.2, 0) is 9.36 Å². The fraction of sp³-hybridized carbons (Fsp3) is 0.0625. The number of benzene rings is 2. The number of phosphoric acid groups is 1. The average molecular weight is 408 g/mol. The SMILES string of the molecule is COc1ccc(/C=C/C(=O)Nc2cccc(Cl)c2)cc1OP(=O)(O)O.[NaH]. The fourth-order valence-corrected chi connectivity index (χ4v) is 2.51. The van der Waals surface area contributed by atoms with E-state index in [0.29, 0.717) is 16.3 Å². The second-order valence-electron chi connectivity index (χ2n) is 4.83. The van der Waals surface area contributed by atoms with Crippen molar-refractivity contribution in [2.75, 3.05) is 12.4 Å². The molecule has 0 aliphatic heterocycles. The first kappa shape index (κ1) is 22.7. The van der Waals surface area contributed by atoms with E-state index in [1.165, 1.54) is 31.4 Å². The van der Waals surface area contributed by atoms with Crippen LogP contribution in [0, 0.1) is 0 Å². The van der Waals surface area contributed by atoms with Gasteiger partial charge in [-0.15, -0.1) is 0 Å². The van der Waals surface area contributed by atoms with E-state index in [4.69, 9.17) is 26.1 Å². The van der Waals surface area contributed by atoms with Crippen molar-refractivity contribution in [2.45, 2.75) is 0 Å². The van der Waals surface area contributed by atoms with Crippen molar-refractivity contribution in [2.24, 2.45) is 0 Å². The molecular weight excluding hydrogens is 392 g/mol. The first-order chi connectivity index (χ1) is 11.8. The van der Waals surface area contributed by atoms with Crippen LogP contribution in [0.4, 0.5) is 5.69 Å². The Hall–Kier alpha value is -1.31. The molecule has 26 heavy (non-hydrogen) atoms. The van der Waals surface area contributed by atoms with Gasteiger partial charge in [0.2, 0.25) is 5.91 Å². The molecule has 0 radical (unpaired) electrons. The summed E-state index contributed by atoms with van der Waals surface area (Å²) in [7, 11) is -3.39. The molecule has 0 saturated carbocycles. The molecule has 2 aromatic rings. The van der Waals surface area contributed by atoms with E-state index >= 15 is 0 Å². The molecule has 0 aliphatic rings. The first-order valence-corrected chi connectivity index (χ1v) is 8.85. The molecule has 0 aromatic heterocycles. The van der Waals surface area contributed by atoms with Crippen molar-refractivity contribution in [3.05, 3.63) is 59.1 Å². The number of carbonyl (C=O) groups excluding carboxylic acids is 1. The molecule has 3 N–H and O–H groups in total. The molecule has 134 valence electrons. The number of hydrogen-bond donors (Lipinski definition) is 3. The molecule has 2 rings (SSSR count). The molecule has 0 unspecified atom stereocenters. The van der Waals surface area contributed by atoms with E-state index in [1.54, 1.807) is 30.3 Å². The van der Waals surface area contributed by atoms with E-state index in [0.717, 1.165) is 0 Å². The molecule has 1 amide bonds. The number of ether oxygens (including phenoxy) is 1. The monoisotopic (exact) mass is 407 g/mol. The van der Waals surface area contributed by atoms with Gasteiger partial charge in [0.1, 0.15) is 0 Å². The van der Waals surface area contributed by atoms with Gasteiger partial charge in [0.15, 0.2) is 11.5 Å². The summed E-state index contributed by atoms with van der Waals surface area (Å²) in [6.07, 6.45) is 2.73. The zero-order valence-corrected chi connectivity index (χ0v) is 14.7. The summed E-state index contributed by atoms with van der Waals surface area (Å²) in [5, 5.41) is 3.13. The topological polar surface area (TPSA) is 105 Å². The Morgan fingerprint density at radius 2 is 1.92 bits per heavy atom. The van der Waals surface area contributed by atoms with Crippen LogP contribution >= 0.6 is 19.4 Å². The third-order valence-electron chi connectivity index (χ3n) is 2.92. The van der Waals surface area contributed by atoms with Gasteiger partial charge in [-0.3, -0.25) is 14.6 Å². The van der Waals surface area contributed by atoms with Gasteiger partial charge in [0.25, 0.3) is 0 Å². The summed E-state index contributed by atoms with van der Waals surface area (Å²) < 4.78 is 20.6. The Kier molecular flexibility index (Phi) is 8.86. The molecule has 0 aliphatic carbocycles.